The van der Waals surface area contributed by atoms with Crippen LogP contribution in [0.4, 0.5) is 8.78 Å². The number of nitrogens with zero attached hydrogens (tertiary/aromatic N) is 1. The molecule has 4 nitrogen and oxygen atoms in total. The highest BCUT2D eigenvalue weighted by atomic mass is 32.2. The molecule has 172 valence electrons. The predicted octanol–water partition coefficient (Wildman–Crippen LogP) is 6.36. The lowest BCUT2D eigenvalue weighted by molar-refractivity contribution is -0.0514. The monoisotopic (exact) mass is 479 g/mol. The van der Waals surface area contributed by atoms with Crippen LogP contribution >= 0.6 is 23.5 Å². The Hall–Kier alpha value is -1.93. The lowest BCUT2D eigenvalue weighted by atomic mass is 10.1. The van der Waals surface area contributed by atoms with Crippen molar-refractivity contribution in [3.8, 4) is 11.5 Å². The number of alkyl halides is 2. The molecule has 0 aromatic heterocycles. The van der Waals surface area contributed by atoms with Crippen LogP contribution in [0, 0.1) is 0 Å². The number of ether oxygens (including phenoxy) is 2. The summed E-state index contributed by atoms with van der Waals surface area (Å²) in [6, 6.07) is 13.1. The van der Waals surface area contributed by atoms with Crippen molar-refractivity contribution in [3.63, 3.8) is 0 Å². The van der Waals surface area contributed by atoms with E-state index in [-0.39, 0.29) is 23.4 Å². The summed E-state index contributed by atoms with van der Waals surface area (Å²) in [4.78, 5) is 15.2. The number of amides is 1. The van der Waals surface area contributed by atoms with Crippen molar-refractivity contribution in [3.05, 3.63) is 59.2 Å². The van der Waals surface area contributed by atoms with E-state index in [2.05, 4.69) is 16.9 Å². The Morgan fingerprint density at radius 2 is 1.81 bits per heavy atom. The van der Waals surface area contributed by atoms with E-state index in [1.54, 1.807) is 19.1 Å². The standard InChI is InChI=1S/C24H27F2NO3S2/c1-2-29-21-14-16(4-11-20(21)30-24(25)26)15-27(19-9-10-19)22(28)17-5-7-18(8-6-17)23-31-12-3-13-32-23/h4-8,11,14,19,23-24H,2-3,9-10,12-13,15H2,1H3. The third-order valence-corrected chi connectivity index (χ3v) is 8.40. The highest BCUT2D eigenvalue weighted by Gasteiger charge is 2.33. The Bertz CT molecular complexity index is 916. The number of carbonyl (C=O) groups excluding carboxylic acids is 1. The van der Waals surface area contributed by atoms with Gasteiger partial charge in [-0.05, 0) is 73.1 Å². The smallest absolute Gasteiger partial charge is 0.387 e. The Balaban J connectivity index is 1.49. The summed E-state index contributed by atoms with van der Waals surface area (Å²) in [6.45, 7) is -0.405. The first kappa shape index (κ1) is 23.2. The molecule has 2 aliphatic rings. The van der Waals surface area contributed by atoms with Crippen LogP contribution in [0.25, 0.3) is 0 Å². The third kappa shape index (κ3) is 5.90. The fourth-order valence-electron chi connectivity index (χ4n) is 3.69. The molecule has 4 rings (SSSR count). The number of rotatable bonds is 9. The molecule has 0 unspecified atom stereocenters. The second-order valence-corrected chi connectivity index (χ2v) is 10.5. The van der Waals surface area contributed by atoms with Crippen molar-refractivity contribution >= 4 is 29.4 Å². The van der Waals surface area contributed by atoms with Gasteiger partial charge in [0.05, 0.1) is 11.2 Å². The molecule has 2 aromatic rings. The molecule has 1 heterocycles. The topological polar surface area (TPSA) is 38.8 Å². The summed E-state index contributed by atoms with van der Waals surface area (Å²) in [6.07, 6.45) is 3.20. The molecule has 0 bridgehead atoms. The average molecular weight is 480 g/mol. The van der Waals surface area contributed by atoms with E-state index in [0.717, 1.165) is 18.4 Å². The van der Waals surface area contributed by atoms with Crippen molar-refractivity contribution in [2.45, 2.75) is 50.0 Å². The first-order valence-electron chi connectivity index (χ1n) is 10.9. The van der Waals surface area contributed by atoms with Crippen LogP contribution in [-0.2, 0) is 6.54 Å². The fourth-order valence-corrected chi connectivity index (χ4v) is 6.59. The van der Waals surface area contributed by atoms with Crippen LogP contribution < -0.4 is 9.47 Å². The minimum Gasteiger partial charge on any atom is -0.490 e. The zero-order valence-electron chi connectivity index (χ0n) is 18.0. The molecule has 0 radical (unpaired) electrons. The Morgan fingerprint density at radius 3 is 2.44 bits per heavy atom. The number of halogens is 2. The largest absolute Gasteiger partial charge is 0.490 e. The van der Waals surface area contributed by atoms with E-state index in [0.29, 0.717) is 23.3 Å². The van der Waals surface area contributed by atoms with Gasteiger partial charge >= 0.3 is 6.61 Å². The highest BCUT2D eigenvalue weighted by molar-refractivity contribution is 8.16. The second kappa shape index (κ2) is 10.8. The molecule has 1 amide bonds. The van der Waals surface area contributed by atoms with Crippen LogP contribution in [0.2, 0.25) is 0 Å². The van der Waals surface area contributed by atoms with Gasteiger partial charge in [-0.2, -0.15) is 8.78 Å². The lowest BCUT2D eigenvalue weighted by Crippen LogP contribution is -2.32. The summed E-state index contributed by atoms with van der Waals surface area (Å²) in [5.74, 6) is 2.62. The van der Waals surface area contributed by atoms with E-state index in [9.17, 15) is 13.6 Å². The van der Waals surface area contributed by atoms with Crippen LogP contribution in [0.1, 0.15) is 52.3 Å². The van der Waals surface area contributed by atoms with Gasteiger partial charge in [-0.1, -0.05) is 18.2 Å². The number of thioether (sulfide) groups is 2. The first-order chi connectivity index (χ1) is 15.5. The van der Waals surface area contributed by atoms with Gasteiger partial charge in [0.1, 0.15) is 0 Å². The van der Waals surface area contributed by atoms with E-state index < -0.39 is 6.61 Å². The van der Waals surface area contributed by atoms with Crippen LogP contribution in [-0.4, -0.2) is 41.6 Å². The van der Waals surface area contributed by atoms with Gasteiger partial charge in [0.15, 0.2) is 11.5 Å². The van der Waals surface area contributed by atoms with Gasteiger partial charge in [0.2, 0.25) is 0 Å². The van der Waals surface area contributed by atoms with Crippen molar-refractivity contribution < 1.29 is 23.0 Å². The number of hydrogen-bond donors (Lipinski definition) is 0. The maximum Gasteiger partial charge on any atom is 0.387 e. The second-order valence-electron chi connectivity index (χ2n) is 7.81. The van der Waals surface area contributed by atoms with E-state index in [1.165, 1.54) is 29.6 Å². The van der Waals surface area contributed by atoms with Crippen LogP contribution in [0.3, 0.4) is 0 Å². The number of carbonyl (C=O) groups is 1. The number of hydrogen-bond acceptors (Lipinski definition) is 5. The number of benzene rings is 2. The summed E-state index contributed by atoms with van der Waals surface area (Å²) in [5.41, 5.74) is 2.75. The summed E-state index contributed by atoms with van der Waals surface area (Å²) < 4.78 is 35.8. The molecule has 0 atom stereocenters. The molecule has 1 saturated heterocycles. The van der Waals surface area contributed by atoms with Crippen LogP contribution in [0.15, 0.2) is 42.5 Å². The summed E-state index contributed by atoms with van der Waals surface area (Å²) >= 11 is 3.92. The van der Waals surface area contributed by atoms with Gasteiger partial charge < -0.3 is 14.4 Å². The van der Waals surface area contributed by atoms with E-state index >= 15 is 0 Å². The molecule has 0 spiro atoms. The van der Waals surface area contributed by atoms with Crippen molar-refractivity contribution in [2.75, 3.05) is 18.1 Å². The highest BCUT2D eigenvalue weighted by Crippen LogP contribution is 2.43. The minimum atomic E-state index is -2.92. The molecule has 2 fully saturated rings. The van der Waals surface area contributed by atoms with Crippen LogP contribution in [0.5, 0.6) is 11.5 Å². The Kier molecular flexibility index (Phi) is 7.84. The summed E-state index contributed by atoms with van der Waals surface area (Å²) in [7, 11) is 0. The molecule has 0 N–H and O–H groups in total. The van der Waals surface area contributed by atoms with Gasteiger partial charge in [0, 0.05) is 18.2 Å². The SMILES string of the molecule is CCOc1cc(CN(C(=O)c2ccc(C3SCCCS3)cc2)C2CC2)ccc1OC(F)F. The quantitative estimate of drug-likeness (QED) is 0.418. The van der Waals surface area contributed by atoms with Crippen molar-refractivity contribution in [2.24, 2.45) is 0 Å². The van der Waals surface area contributed by atoms with E-state index in [1.807, 2.05) is 40.6 Å². The van der Waals surface area contributed by atoms with Gasteiger partial charge in [0.25, 0.3) is 5.91 Å². The Morgan fingerprint density at radius 1 is 1.09 bits per heavy atom. The first-order valence-corrected chi connectivity index (χ1v) is 13.0. The van der Waals surface area contributed by atoms with Gasteiger partial charge in [-0.3, -0.25) is 4.79 Å². The molecule has 32 heavy (non-hydrogen) atoms. The Labute approximate surface area is 196 Å². The summed E-state index contributed by atoms with van der Waals surface area (Å²) in [5, 5.41) is 0. The average Bonchev–Trinajstić information content (AvgIpc) is 3.64. The van der Waals surface area contributed by atoms with Crippen molar-refractivity contribution in [1.29, 1.82) is 0 Å². The normalized spacial score (nSPS) is 16.8. The molecular formula is C24H27F2NO3S2. The van der Waals surface area contributed by atoms with E-state index in [4.69, 9.17) is 4.74 Å². The predicted molar refractivity (Wildman–Crippen MR) is 126 cm³/mol. The molecule has 1 aliphatic carbocycles. The van der Waals surface area contributed by atoms with Crippen molar-refractivity contribution in [1.82, 2.24) is 4.90 Å². The molecule has 1 saturated carbocycles. The zero-order chi connectivity index (χ0) is 22.5. The zero-order valence-corrected chi connectivity index (χ0v) is 19.6. The maximum atomic E-state index is 13.3. The molecular weight excluding hydrogens is 452 g/mol. The lowest BCUT2D eigenvalue weighted by Gasteiger charge is -2.24. The van der Waals surface area contributed by atoms with Gasteiger partial charge in [-0.15, -0.1) is 23.5 Å². The van der Waals surface area contributed by atoms with Gasteiger partial charge in [-0.25, -0.2) is 0 Å². The molecule has 2 aromatic carbocycles. The minimum absolute atomic E-state index is 0.00365. The maximum absolute atomic E-state index is 13.3. The molecule has 8 heteroatoms. The third-order valence-electron chi connectivity index (χ3n) is 5.38. The molecule has 1 aliphatic heterocycles. The fraction of sp³-hybridized carbons (Fsp3) is 0.458.